The molecule has 0 aliphatic heterocycles. The number of carbonyl (C=O) groups excluding carboxylic acids is 2. The van der Waals surface area contributed by atoms with Crippen LogP contribution in [0.2, 0.25) is 0 Å². The third-order valence-electron chi connectivity index (χ3n) is 2.89. The fourth-order valence-electron chi connectivity index (χ4n) is 1.89. The Hall–Kier alpha value is -1.82. The third-order valence-corrected chi connectivity index (χ3v) is 2.89. The monoisotopic (exact) mass is 296 g/mol. The van der Waals surface area contributed by atoms with E-state index in [0.717, 1.165) is 0 Å². The van der Waals surface area contributed by atoms with Crippen molar-refractivity contribution in [1.29, 1.82) is 0 Å². The van der Waals surface area contributed by atoms with Crippen molar-refractivity contribution in [3.63, 3.8) is 0 Å². The van der Waals surface area contributed by atoms with E-state index in [1.54, 1.807) is 12.1 Å². The molecule has 0 saturated carbocycles. The van der Waals surface area contributed by atoms with Gasteiger partial charge in [-0.05, 0) is 30.9 Å². The largest absolute Gasteiger partial charge is 0.459 e. The summed E-state index contributed by atoms with van der Waals surface area (Å²) in [5.41, 5.74) is 0. The van der Waals surface area contributed by atoms with E-state index in [1.165, 1.54) is 6.26 Å². The summed E-state index contributed by atoms with van der Waals surface area (Å²) in [5, 5.41) is 15.0. The first-order valence-corrected chi connectivity index (χ1v) is 7.25. The molecule has 6 heteroatoms. The van der Waals surface area contributed by atoms with Crippen LogP contribution in [-0.4, -0.2) is 36.1 Å². The maximum atomic E-state index is 11.6. The Kier molecular flexibility index (Phi) is 7.53. The van der Waals surface area contributed by atoms with Gasteiger partial charge in [0.15, 0.2) is 5.76 Å². The summed E-state index contributed by atoms with van der Waals surface area (Å²) in [4.78, 5) is 23.1. The number of hydrogen-bond donors (Lipinski definition) is 3. The second kappa shape index (κ2) is 9.18. The van der Waals surface area contributed by atoms with E-state index in [-0.39, 0.29) is 24.1 Å². The minimum Gasteiger partial charge on any atom is -0.459 e. The second-order valence-corrected chi connectivity index (χ2v) is 5.42. The molecule has 21 heavy (non-hydrogen) atoms. The van der Waals surface area contributed by atoms with E-state index < -0.39 is 6.10 Å². The molecule has 0 saturated heterocycles. The molecule has 0 aliphatic carbocycles. The molecule has 0 bridgehead atoms. The summed E-state index contributed by atoms with van der Waals surface area (Å²) in [7, 11) is 0. The molecule has 1 unspecified atom stereocenters. The molecular weight excluding hydrogens is 272 g/mol. The predicted molar refractivity (Wildman–Crippen MR) is 78.7 cm³/mol. The molecule has 6 nitrogen and oxygen atoms in total. The minimum atomic E-state index is -0.507. The number of carbonyl (C=O) groups is 2. The summed E-state index contributed by atoms with van der Waals surface area (Å²) in [5.74, 6) is 0.253. The lowest BCUT2D eigenvalue weighted by molar-refractivity contribution is -0.121. The average Bonchev–Trinajstić information content (AvgIpc) is 2.94. The van der Waals surface area contributed by atoms with E-state index in [2.05, 4.69) is 10.6 Å². The molecular formula is C15H24N2O4. The second-order valence-electron chi connectivity index (χ2n) is 5.42. The molecule has 1 rings (SSSR count). The van der Waals surface area contributed by atoms with Gasteiger partial charge in [0.1, 0.15) is 0 Å². The molecule has 0 spiro atoms. The first-order chi connectivity index (χ1) is 9.99. The fourth-order valence-corrected chi connectivity index (χ4v) is 1.89. The minimum absolute atomic E-state index is 0.120. The molecule has 3 N–H and O–H groups in total. The number of aliphatic hydroxyl groups excluding tert-OH is 1. The number of aliphatic hydroxyl groups is 1. The van der Waals surface area contributed by atoms with Crippen molar-refractivity contribution in [2.75, 3.05) is 13.1 Å². The van der Waals surface area contributed by atoms with Gasteiger partial charge in [-0.2, -0.15) is 0 Å². The van der Waals surface area contributed by atoms with Gasteiger partial charge in [-0.15, -0.1) is 0 Å². The summed E-state index contributed by atoms with van der Waals surface area (Å²) in [6.07, 6.45) is 2.45. The van der Waals surface area contributed by atoms with Crippen molar-refractivity contribution >= 4 is 11.8 Å². The number of hydrogen-bond acceptors (Lipinski definition) is 4. The zero-order chi connectivity index (χ0) is 15.7. The highest BCUT2D eigenvalue weighted by Gasteiger charge is 2.10. The molecule has 1 aromatic heterocycles. The van der Waals surface area contributed by atoms with Crippen molar-refractivity contribution in [1.82, 2.24) is 10.6 Å². The van der Waals surface area contributed by atoms with Crippen LogP contribution in [0.1, 0.15) is 43.7 Å². The van der Waals surface area contributed by atoms with Crippen LogP contribution in [0.5, 0.6) is 0 Å². The number of amides is 2. The smallest absolute Gasteiger partial charge is 0.286 e. The van der Waals surface area contributed by atoms with Crippen LogP contribution in [0.4, 0.5) is 0 Å². The van der Waals surface area contributed by atoms with E-state index in [1.807, 2.05) is 13.8 Å². The summed E-state index contributed by atoms with van der Waals surface area (Å²) in [6, 6.07) is 3.23. The Balaban J connectivity index is 2.07. The molecule has 118 valence electrons. The van der Waals surface area contributed by atoms with Gasteiger partial charge in [0.25, 0.3) is 5.91 Å². The van der Waals surface area contributed by atoms with E-state index in [9.17, 15) is 14.7 Å². The van der Waals surface area contributed by atoms with Gasteiger partial charge in [0.2, 0.25) is 5.91 Å². The lowest BCUT2D eigenvalue weighted by Crippen LogP contribution is -2.33. The Morgan fingerprint density at radius 1 is 1.33 bits per heavy atom. The van der Waals surface area contributed by atoms with E-state index in [4.69, 9.17) is 4.42 Å². The highest BCUT2D eigenvalue weighted by Crippen LogP contribution is 2.03. The van der Waals surface area contributed by atoms with Crippen molar-refractivity contribution < 1.29 is 19.1 Å². The predicted octanol–water partition coefficient (Wildman–Crippen LogP) is 1.31. The zero-order valence-electron chi connectivity index (χ0n) is 12.6. The van der Waals surface area contributed by atoms with Crippen molar-refractivity contribution in [2.45, 2.75) is 39.2 Å². The van der Waals surface area contributed by atoms with Crippen LogP contribution in [0.25, 0.3) is 0 Å². The highest BCUT2D eigenvalue weighted by molar-refractivity contribution is 5.91. The van der Waals surface area contributed by atoms with Gasteiger partial charge < -0.3 is 20.2 Å². The molecule has 0 aliphatic rings. The summed E-state index contributed by atoms with van der Waals surface area (Å²) in [6.45, 7) is 4.72. The fraction of sp³-hybridized carbons (Fsp3) is 0.600. The quantitative estimate of drug-likeness (QED) is 0.599. The van der Waals surface area contributed by atoms with Crippen LogP contribution in [-0.2, 0) is 4.79 Å². The number of furan rings is 1. The average molecular weight is 296 g/mol. The molecule has 0 radical (unpaired) electrons. The lowest BCUT2D eigenvalue weighted by atomic mass is 10.1. The highest BCUT2D eigenvalue weighted by atomic mass is 16.3. The Bertz CT molecular complexity index is 429. The molecule has 0 fully saturated rings. The number of rotatable bonds is 9. The van der Waals surface area contributed by atoms with Crippen molar-refractivity contribution in [2.24, 2.45) is 5.92 Å². The van der Waals surface area contributed by atoms with Crippen LogP contribution in [0, 0.1) is 5.92 Å². The third kappa shape index (κ3) is 7.51. The van der Waals surface area contributed by atoms with Crippen LogP contribution in [0.3, 0.4) is 0 Å². The first kappa shape index (κ1) is 17.2. The molecule has 0 aromatic carbocycles. The zero-order valence-corrected chi connectivity index (χ0v) is 12.6. The van der Waals surface area contributed by atoms with Crippen LogP contribution in [0.15, 0.2) is 22.8 Å². The van der Waals surface area contributed by atoms with Crippen LogP contribution < -0.4 is 10.6 Å². The van der Waals surface area contributed by atoms with Gasteiger partial charge in [0.05, 0.1) is 12.4 Å². The van der Waals surface area contributed by atoms with E-state index >= 15 is 0 Å². The maximum Gasteiger partial charge on any atom is 0.286 e. The van der Waals surface area contributed by atoms with Crippen molar-refractivity contribution in [3.05, 3.63) is 24.2 Å². The molecule has 2 amide bonds. The van der Waals surface area contributed by atoms with Crippen molar-refractivity contribution in [3.8, 4) is 0 Å². The number of nitrogens with one attached hydrogen (secondary N) is 2. The SMILES string of the molecule is CC(C)CC(O)CNC(=O)CCCNC(=O)c1ccco1. The van der Waals surface area contributed by atoms with Crippen LogP contribution >= 0.6 is 0 Å². The molecule has 1 heterocycles. The lowest BCUT2D eigenvalue weighted by Gasteiger charge is -2.13. The van der Waals surface area contributed by atoms with Gasteiger partial charge in [-0.1, -0.05) is 13.8 Å². The van der Waals surface area contributed by atoms with Gasteiger partial charge in [-0.3, -0.25) is 9.59 Å². The maximum absolute atomic E-state index is 11.6. The standard InChI is InChI=1S/C15H24N2O4/c1-11(2)9-12(18)10-17-14(19)6-3-7-16-15(20)13-5-4-8-21-13/h4-5,8,11-12,18H,3,6-7,9-10H2,1-2H3,(H,16,20)(H,17,19). The first-order valence-electron chi connectivity index (χ1n) is 7.25. The Labute approximate surface area is 124 Å². The van der Waals surface area contributed by atoms with Gasteiger partial charge in [-0.25, -0.2) is 0 Å². The summed E-state index contributed by atoms with van der Waals surface area (Å²) < 4.78 is 4.95. The topological polar surface area (TPSA) is 91.6 Å². The Morgan fingerprint density at radius 2 is 2.10 bits per heavy atom. The van der Waals surface area contributed by atoms with Gasteiger partial charge >= 0.3 is 0 Å². The molecule has 1 atom stereocenters. The van der Waals surface area contributed by atoms with Gasteiger partial charge in [0, 0.05) is 19.5 Å². The van der Waals surface area contributed by atoms with E-state index in [0.29, 0.717) is 31.7 Å². The summed E-state index contributed by atoms with van der Waals surface area (Å²) >= 11 is 0. The molecule has 1 aromatic rings. The normalized spacial score (nSPS) is 12.2. The Morgan fingerprint density at radius 3 is 2.71 bits per heavy atom.